The van der Waals surface area contributed by atoms with Crippen LogP contribution in [0.4, 0.5) is 11.4 Å². The number of carbonyl (C=O) groups excluding carboxylic acids is 1. The number of benzene rings is 3. The molecule has 2 N–H and O–H groups in total. The molecule has 28 heavy (non-hydrogen) atoms. The number of amides is 1. The van der Waals surface area contributed by atoms with E-state index in [2.05, 4.69) is 0 Å². The molecule has 0 aliphatic carbocycles. The zero-order valence-corrected chi connectivity index (χ0v) is 15.7. The number of anilines is 2. The molecule has 1 amide bonds. The molecule has 4 rings (SSSR count). The molecule has 1 heterocycles. The highest BCUT2D eigenvalue weighted by Crippen LogP contribution is 2.35. The maximum absolute atomic E-state index is 13.4. The van der Waals surface area contributed by atoms with Crippen molar-refractivity contribution in [2.45, 2.75) is 12.5 Å². The Balaban J connectivity index is 1.68. The van der Waals surface area contributed by atoms with Crippen LogP contribution in [0.2, 0.25) is 0 Å². The zero-order valence-electron chi connectivity index (χ0n) is 15.7. The Morgan fingerprint density at radius 3 is 2.50 bits per heavy atom. The Labute approximate surface area is 164 Å². The van der Waals surface area contributed by atoms with Gasteiger partial charge in [0, 0.05) is 11.3 Å². The molecule has 1 atom stereocenters. The number of nitrogens with zero attached hydrogens (tertiary/aromatic N) is 1. The van der Waals surface area contributed by atoms with Gasteiger partial charge < -0.3 is 15.2 Å². The first kappa shape index (κ1) is 17.9. The predicted molar refractivity (Wildman–Crippen MR) is 110 cm³/mol. The minimum Gasteiger partial charge on any atom is -0.497 e. The molecule has 0 fully saturated rings. The van der Waals surface area contributed by atoms with Crippen LogP contribution in [0.3, 0.4) is 0 Å². The summed E-state index contributed by atoms with van der Waals surface area (Å²) in [6.07, 6.45) is 0.680. The number of hydrogen-bond donors (Lipinski definition) is 1. The van der Waals surface area contributed by atoms with E-state index < -0.39 is 0 Å². The summed E-state index contributed by atoms with van der Waals surface area (Å²) in [5.41, 5.74) is 8.92. The van der Waals surface area contributed by atoms with Crippen molar-refractivity contribution in [2.75, 3.05) is 24.4 Å². The average Bonchev–Trinajstić information content (AvgIpc) is 2.74. The summed E-state index contributed by atoms with van der Waals surface area (Å²) in [6.45, 7) is 0.434. The van der Waals surface area contributed by atoms with Crippen LogP contribution in [0.15, 0.2) is 72.8 Å². The number of rotatable bonds is 4. The van der Waals surface area contributed by atoms with E-state index in [1.165, 1.54) is 0 Å². The molecule has 1 aliphatic heterocycles. The van der Waals surface area contributed by atoms with Gasteiger partial charge in [0.15, 0.2) is 0 Å². The molecule has 0 spiro atoms. The van der Waals surface area contributed by atoms with Crippen LogP contribution < -0.4 is 20.1 Å². The van der Waals surface area contributed by atoms with Crippen molar-refractivity contribution in [3.63, 3.8) is 0 Å². The second-order valence-electron chi connectivity index (χ2n) is 6.78. The Bertz CT molecular complexity index is 968. The Kier molecular flexibility index (Phi) is 4.89. The van der Waals surface area contributed by atoms with Gasteiger partial charge in [-0.05, 0) is 60.5 Å². The molecule has 0 saturated carbocycles. The summed E-state index contributed by atoms with van der Waals surface area (Å²) in [6, 6.07) is 22.4. The number of nitrogen functional groups attached to an aromatic ring is 1. The molecule has 5 heteroatoms. The SMILES string of the molecule is COc1ccc(C[C@H]2COc3ccccc3N2C(=O)c2ccc(N)cc2)cc1. The summed E-state index contributed by atoms with van der Waals surface area (Å²) in [4.78, 5) is 15.2. The molecule has 3 aromatic rings. The summed E-state index contributed by atoms with van der Waals surface area (Å²) in [7, 11) is 1.65. The van der Waals surface area contributed by atoms with Gasteiger partial charge in [0.05, 0.1) is 18.8 Å². The summed E-state index contributed by atoms with van der Waals surface area (Å²) in [5, 5.41) is 0. The fourth-order valence-corrected chi connectivity index (χ4v) is 3.46. The minimum atomic E-state index is -0.117. The van der Waals surface area contributed by atoms with Crippen LogP contribution >= 0.6 is 0 Å². The Hall–Kier alpha value is -3.47. The van der Waals surface area contributed by atoms with Crippen LogP contribution in [-0.4, -0.2) is 25.7 Å². The van der Waals surface area contributed by atoms with Gasteiger partial charge in [-0.3, -0.25) is 9.69 Å². The van der Waals surface area contributed by atoms with E-state index in [0.29, 0.717) is 24.3 Å². The molecule has 0 unspecified atom stereocenters. The van der Waals surface area contributed by atoms with Gasteiger partial charge in [-0.2, -0.15) is 0 Å². The second kappa shape index (κ2) is 7.64. The van der Waals surface area contributed by atoms with Crippen LogP contribution in [0.25, 0.3) is 0 Å². The smallest absolute Gasteiger partial charge is 0.258 e. The summed E-state index contributed by atoms with van der Waals surface area (Å²) < 4.78 is 11.2. The monoisotopic (exact) mass is 374 g/mol. The molecule has 5 nitrogen and oxygen atoms in total. The lowest BCUT2D eigenvalue weighted by Crippen LogP contribution is -2.48. The van der Waals surface area contributed by atoms with Gasteiger partial charge in [0.1, 0.15) is 18.1 Å². The van der Waals surface area contributed by atoms with E-state index >= 15 is 0 Å². The lowest BCUT2D eigenvalue weighted by atomic mass is 10.0. The second-order valence-corrected chi connectivity index (χ2v) is 6.78. The maximum atomic E-state index is 13.4. The third kappa shape index (κ3) is 3.51. The van der Waals surface area contributed by atoms with Gasteiger partial charge in [-0.15, -0.1) is 0 Å². The van der Waals surface area contributed by atoms with E-state index in [-0.39, 0.29) is 11.9 Å². The first-order valence-electron chi connectivity index (χ1n) is 9.19. The fourth-order valence-electron chi connectivity index (χ4n) is 3.46. The largest absolute Gasteiger partial charge is 0.497 e. The molecule has 0 bridgehead atoms. The van der Waals surface area contributed by atoms with Crippen molar-refractivity contribution < 1.29 is 14.3 Å². The number of fused-ring (bicyclic) bond motifs is 1. The predicted octanol–water partition coefficient (Wildman–Crippen LogP) is 3.93. The van der Waals surface area contributed by atoms with E-state index in [1.807, 2.05) is 53.4 Å². The first-order valence-corrected chi connectivity index (χ1v) is 9.19. The summed E-state index contributed by atoms with van der Waals surface area (Å²) in [5.74, 6) is 1.47. The standard InChI is InChI=1S/C23H22N2O3/c1-27-20-12-6-16(7-13-20)14-19-15-28-22-5-3-2-4-21(22)25(19)23(26)17-8-10-18(24)11-9-17/h2-13,19H,14-15,24H2,1H3/t19-/m0/s1. The van der Waals surface area contributed by atoms with Crippen molar-refractivity contribution in [1.82, 2.24) is 0 Å². The highest BCUT2D eigenvalue weighted by Gasteiger charge is 2.32. The molecule has 142 valence electrons. The van der Waals surface area contributed by atoms with E-state index in [1.54, 1.807) is 31.4 Å². The number of hydrogen-bond acceptors (Lipinski definition) is 4. The van der Waals surface area contributed by atoms with Crippen molar-refractivity contribution in [3.05, 3.63) is 83.9 Å². The van der Waals surface area contributed by atoms with Gasteiger partial charge in [0.25, 0.3) is 5.91 Å². The lowest BCUT2D eigenvalue weighted by Gasteiger charge is -2.37. The van der Waals surface area contributed by atoms with Crippen LogP contribution in [0, 0.1) is 0 Å². The van der Waals surface area contributed by atoms with Crippen LogP contribution in [0.5, 0.6) is 11.5 Å². The molecular formula is C23H22N2O3. The minimum absolute atomic E-state index is 0.0609. The molecule has 3 aromatic carbocycles. The van der Waals surface area contributed by atoms with Crippen molar-refractivity contribution in [2.24, 2.45) is 0 Å². The van der Waals surface area contributed by atoms with Gasteiger partial charge >= 0.3 is 0 Å². The molecule has 1 aliphatic rings. The Morgan fingerprint density at radius 1 is 1.07 bits per heavy atom. The lowest BCUT2D eigenvalue weighted by molar-refractivity contribution is 0.0957. The quantitative estimate of drug-likeness (QED) is 0.703. The normalized spacial score (nSPS) is 15.5. The van der Waals surface area contributed by atoms with Gasteiger partial charge in [0.2, 0.25) is 0 Å². The van der Waals surface area contributed by atoms with E-state index in [9.17, 15) is 4.79 Å². The zero-order chi connectivity index (χ0) is 19.5. The highest BCUT2D eigenvalue weighted by molar-refractivity contribution is 6.07. The molecule has 0 saturated heterocycles. The number of nitrogens with two attached hydrogens (primary N) is 1. The highest BCUT2D eigenvalue weighted by atomic mass is 16.5. The topological polar surface area (TPSA) is 64.8 Å². The van der Waals surface area contributed by atoms with Gasteiger partial charge in [-0.25, -0.2) is 0 Å². The number of para-hydroxylation sites is 2. The third-order valence-electron chi connectivity index (χ3n) is 4.93. The van der Waals surface area contributed by atoms with E-state index in [0.717, 1.165) is 22.7 Å². The third-order valence-corrected chi connectivity index (χ3v) is 4.93. The Morgan fingerprint density at radius 2 is 1.79 bits per heavy atom. The van der Waals surface area contributed by atoms with Crippen LogP contribution in [-0.2, 0) is 6.42 Å². The fraction of sp³-hybridized carbons (Fsp3) is 0.174. The van der Waals surface area contributed by atoms with Crippen LogP contribution in [0.1, 0.15) is 15.9 Å². The average molecular weight is 374 g/mol. The van der Waals surface area contributed by atoms with Crippen molar-refractivity contribution >= 4 is 17.3 Å². The molecule has 0 aromatic heterocycles. The summed E-state index contributed by atoms with van der Waals surface area (Å²) >= 11 is 0. The van der Waals surface area contributed by atoms with E-state index in [4.69, 9.17) is 15.2 Å². The number of methoxy groups -OCH3 is 1. The van der Waals surface area contributed by atoms with Crippen molar-refractivity contribution in [1.29, 1.82) is 0 Å². The van der Waals surface area contributed by atoms with Gasteiger partial charge in [-0.1, -0.05) is 24.3 Å². The first-order chi connectivity index (χ1) is 13.7. The maximum Gasteiger partial charge on any atom is 0.258 e. The number of carbonyl (C=O) groups is 1. The van der Waals surface area contributed by atoms with Crippen molar-refractivity contribution in [3.8, 4) is 11.5 Å². The number of ether oxygens (including phenoxy) is 2. The molecule has 0 radical (unpaired) electrons. The molecular weight excluding hydrogens is 352 g/mol.